The van der Waals surface area contributed by atoms with E-state index in [2.05, 4.69) is 34.8 Å². The number of aliphatic imine (C=N–C) groups is 1. The monoisotopic (exact) mass is 348 g/mol. The second-order valence-electron chi connectivity index (χ2n) is 5.82. The molecule has 140 valence electrons. The molecule has 0 saturated heterocycles. The topological polar surface area (TPSA) is 74.8 Å². The van der Waals surface area contributed by atoms with Crippen molar-refractivity contribution in [3.8, 4) is 5.75 Å². The van der Waals surface area contributed by atoms with E-state index in [0.717, 1.165) is 31.9 Å². The third kappa shape index (κ3) is 7.92. The van der Waals surface area contributed by atoms with E-state index < -0.39 is 0 Å². The van der Waals surface area contributed by atoms with Gasteiger partial charge in [-0.15, -0.1) is 0 Å². The number of amides is 1. The Morgan fingerprint density at radius 2 is 1.84 bits per heavy atom. The molecule has 0 saturated carbocycles. The van der Waals surface area contributed by atoms with Crippen LogP contribution in [0, 0.1) is 5.92 Å². The smallest absolute Gasteiger partial charge is 0.251 e. The molecule has 6 heteroatoms. The number of carbonyl (C=O) groups is 1. The fourth-order valence-corrected chi connectivity index (χ4v) is 2.33. The molecule has 0 aliphatic heterocycles. The summed E-state index contributed by atoms with van der Waals surface area (Å²) in [4.78, 5) is 16.8. The van der Waals surface area contributed by atoms with Gasteiger partial charge in [-0.1, -0.05) is 32.8 Å². The van der Waals surface area contributed by atoms with Crippen LogP contribution in [-0.4, -0.2) is 45.2 Å². The van der Waals surface area contributed by atoms with Crippen molar-refractivity contribution < 1.29 is 9.53 Å². The summed E-state index contributed by atoms with van der Waals surface area (Å²) in [6.07, 6.45) is 2.27. The molecule has 1 amide bonds. The third-order valence-electron chi connectivity index (χ3n) is 4.04. The zero-order valence-electron chi connectivity index (χ0n) is 15.9. The molecular formula is C19H32N4O2. The number of nitrogens with zero attached hydrogens (tertiary/aromatic N) is 1. The van der Waals surface area contributed by atoms with Crippen molar-refractivity contribution in [2.45, 2.75) is 33.6 Å². The van der Waals surface area contributed by atoms with E-state index in [1.807, 2.05) is 13.0 Å². The zero-order chi connectivity index (χ0) is 18.5. The Morgan fingerprint density at radius 1 is 1.12 bits per heavy atom. The molecule has 6 nitrogen and oxygen atoms in total. The summed E-state index contributed by atoms with van der Waals surface area (Å²) in [5.41, 5.74) is 0.591. The first-order valence-electron chi connectivity index (χ1n) is 9.08. The second-order valence-corrected chi connectivity index (χ2v) is 5.82. The minimum atomic E-state index is -0.111. The van der Waals surface area contributed by atoms with E-state index in [9.17, 15) is 4.79 Å². The minimum Gasteiger partial charge on any atom is -0.497 e. The Balaban J connectivity index is 2.42. The summed E-state index contributed by atoms with van der Waals surface area (Å²) in [5.74, 6) is 1.97. The fraction of sp³-hybridized carbons (Fsp3) is 0.579. The van der Waals surface area contributed by atoms with Gasteiger partial charge in [0.1, 0.15) is 5.75 Å². The zero-order valence-corrected chi connectivity index (χ0v) is 15.9. The van der Waals surface area contributed by atoms with Crippen LogP contribution in [-0.2, 0) is 0 Å². The molecule has 3 N–H and O–H groups in total. The van der Waals surface area contributed by atoms with E-state index in [1.54, 1.807) is 25.3 Å². The standard InChI is InChI=1S/C19H32N4O2/c1-5-15(6-2)14-23-19(20-7-3)22-12-11-21-18(24)16-9-8-10-17(13-16)25-4/h8-10,13,15H,5-7,11-12,14H2,1-4H3,(H,21,24)(H2,20,22,23). The van der Waals surface area contributed by atoms with Gasteiger partial charge in [-0.05, 0) is 31.0 Å². The number of guanidine groups is 1. The molecule has 0 unspecified atom stereocenters. The van der Waals surface area contributed by atoms with E-state index >= 15 is 0 Å². The summed E-state index contributed by atoms with van der Waals surface area (Å²) >= 11 is 0. The van der Waals surface area contributed by atoms with Gasteiger partial charge in [0.2, 0.25) is 0 Å². The highest BCUT2D eigenvalue weighted by Gasteiger charge is 2.06. The van der Waals surface area contributed by atoms with Crippen molar-refractivity contribution in [2.75, 3.05) is 33.3 Å². The van der Waals surface area contributed by atoms with E-state index in [0.29, 0.717) is 30.3 Å². The van der Waals surface area contributed by atoms with Crippen LogP contribution in [0.1, 0.15) is 44.0 Å². The number of carbonyl (C=O) groups excluding carboxylic acids is 1. The van der Waals surface area contributed by atoms with Gasteiger partial charge < -0.3 is 20.7 Å². The van der Waals surface area contributed by atoms with Gasteiger partial charge in [-0.25, -0.2) is 0 Å². The van der Waals surface area contributed by atoms with Gasteiger partial charge in [-0.3, -0.25) is 9.79 Å². The number of rotatable bonds is 10. The van der Waals surface area contributed by atoms with Crippen LogP contribution >= 0.6 is 0 Å². The van der Waals surface area contributed by atoms with Crippen LogP contribution in [0.5, 0.6) is 5.75 Å². The van der Waals surface area contributed by atoms with Crippen molar-refractivity contribution in [1.29, 1.82) is 0 Å². The van der Waals surface area contributed by atoms with E-state index in [-0.39, 0.29) is 5.91 Å². The summed E-state index contributed by atoms with van der Waals surface area (Å²) in [6.45, 7) is 9.19. The molecule has 0 heterocycles. The molecule has 0 spiro atoms. The predicted molar refractivity (Wildman–Crippen MR) is 103 cm³/mol. The number of methoxy groups -OCH3 is 1. The van der Waals surface area contributed by atoms with Crippen molar-refractivity contribution in [3.63, 3.8) is 0 Å². The molecule has 0 atom stereocenters. The normalized spacial score (nSPS) is 11.3. The van der Waals surface area contributed by atoms with Crippen LogP contribution in [0.25, 0.3) is 0 Å². The van der Waals surface area contributed by atoms with Crippen molar-refractivity contribution in [2.24, 2.45) is 10.9 Å². The molecule has 0 bridgehead atoms. The summed E-state index contributed by atoms with van der Waals surface area (Å²) in [7, 11) is 1.59. The molecule has 0 radical (unpaired) electrons. The predicted octanol–water partition coefficient (Wildman–Crippen LogP) is 2.42. The highest BCUT2D eigenvalue weighted by atomic mass is 16.5. The van der Waals surface area contributed by atoms with Crippen molar-refractivity contribution in [3.05, 3.63) is 29.8 Å². The number of hydrogen-bond donors (Lipinski definition) is 3. The SMILES string of the molecule is CCNC(=NCC(CC)CC)NCCNC(=O)c1cccc(OC)c1. The van der Waals surface area contributed by atoms with Crippen molar-refractivity contribution >= 4 is 11.9 Å². The van der Waals surface area contributed by atoms with E-state index in [1.165, 1.54) is 0 Å². The second kappa shape index (κ2) is 12.2. The third-order valence-corrected chi connectivity index (χ3v) is 4.04. The Hall–Kier alpha value is -2.24. The molecule has 0 aliphatic carbocycles. The lowest BCUT2D eigenvalue weighted by atomic mass is 10.0. The Kier molecular flexibility index (Phi) is 10.1. The van der Waals surface area contributed by atoms with Crippen LogP contribution in [0.15, 0.2) is 29.3 Å². The van der Waals surface area contributed by atoms with Gasteiger partial charge in [0, 0.05) is 31.7 Å². The van der Waals surface area contributed by atoms with Gasteiger partial charge >= 0.3 is 0 Å². The van der Waals surface area contributed by atoms with Crippen LogP contribution in [0.2, 0.25) is 0 Å². The van der Waals surface area contributed by atoms with Gasteiger partial charge in [0.05, 0.1) is 7.11 Å². The highest BCUT2D eigenvalue weighted by molar-refractivity contribution is 5.94. The number of nitrogens with one attached hydrogen (secondary N) is 3. The average molecular weight is 348 g/mol. The molecule has 1 aromatic rings. The van der Waals surface area contributed by atoms with Crippen LogP contribution < -0.4 is 20.7 Å². The summed E-state index contributed by atoms with van der Waals surface area (Å²) < 4.78 is 5.14. The molecule has 0 fully saturated rings. The molecule has 1 aromatic carbocycles. The molecule has 1 rings (SSSR count). The largest absolute Gasteiger partial charge is 0.497 e. The maximum Gasteiger partial charge on any atom is 0.251 e. The first-order valence-corrected chi connectivity index (χ1v) is 9.08. The van der Waals surface area contributed by atoms with Gasteiger partial charge in [-0.2, -0.15) is 0 Å². The lowest BCUT2D eigenvalue weighted by Crippen LogP contribution is -2.41. The Morgan fingerprint density at radius 3 is 2.48 bits per heavy atom. The van der Waals surface area contributed by atoms with Gasteiger partial charge in [0.15, 0.2) is 5.96 Å². The maximum atomic E-state index is 12.1. The molecule has 0 aromatic heterocycles. The average Bonchev–Trinajstić information content (AvgIpc) is 2.65. The molecule has 25 heavy (non-hydrogen) atoms. The van der Waals surface area contributed by atoms with Crippen LogP contribution in [0.3, 0.4) is 0 Å². The summed E-state index contributed by atoms with van der Waals surface area (Å²) in [5, 5.41) is 9.38. The lowest BCUT2D eigenvalue weighted by Gasteiger charge is -2.14. The van der Waals surface area contributed by atoms with Gasteiger partial charge in [0.25, 0.3) is 5.91 Å². The molecule has 0 aliphatic rings. The lowest BCUT2D eigenvalue weighted by molar-refractivity contribution is 0.0954. The first-order chi connectivity index (χ1) is 12.1. The van der Waals surface area contributed by atoms with E-state index in [4.69, 9.17) is 4.74 Å². The Bertz CT molecular complexity index is 542. The first kappa shape index (κ1) is 20.8. The number of ether oxygens (including phenoxy) is 1. The molecular weight excluding hydrogens is 316 g/mol. The maximum absolute atomic E-state index is 12.1. The fourth-order valence-electron chi connectivity index (χ4n) is 2.33. The highest BCUT2D eigenvalue weighted by Crippen LogP contribution is 2.12. The summed E-state index contributed by atoms with van der Waals surface area (Å²) in [6, 6.07) is 7.12. The van der Waals surface area contributed by atoms with Crippen molar-refractivity contribution in [1.82, 2.24) is 16.0 Å². The quantitative estimate of drug-likeness (QED) is 0.345. The number of hydrogen-bond acceptors (Lipinski definition) is 3. The Labute approximate surface area is 151 Å². The number of benzene rings is 1. The van der Waals surface area contributed by atoms with Crippen LogP contribution in [0.4, 0.5) is 0 Å². The minimum absolute atomic E-state index is 0.111.